The van der Waals surface area contributed by atoms with Crippen molar-refractivity contribution in [1.82, 2.24) is 5.32 Å². The highest BCUT2D eigenvalue weighted by Gasteiger charge is 2.18. The number of amides is 1. The number of rotatable bonds is 6. The van der Waals surface area contributed by atoms with E-state index in [1.54, 1.807) is 0 Å². The van der Waals surface area contributed by atoms with Crippen LogP contribution in [0.1, 0.15) is 38.8 Å². The number of hydrogen-bond donors (Lipinski definition) is 1. The van der Waals surface area contributed by atoms with E-state index in [9.17, 15) is 4.79 Å². The van der Waals surface area contributed by atoms with Crippen LogP contribution in [-0.4, -0.2) is 12.5 Å². The van der Waals surface area contributed by atoms with Gasteiger partial charge in [-0.05, 0) is 35.8 Å². The molecule has 1 aromatic carbocycles. The molecular formula is C17H27NO. The second-order valence-corrected chi connectivity index (χ2v) is 6.06. The Morgan fingerprint density at radius 2 is 1.68 bits per heavy atom. The van der Waals surface area contributed by atoms with Gasteiger partial charge in [-0.15, -0.1) is 0 Å². The highest BCUT2D eigenvalue weighted by Crippen LogP contribution is 2.19. The summed E-state index contributed by atoms with van der Waals surface area (Å²) in [6.07, 6.45) is 0.482. The van der Waals surface area contributed by atoms with Crippen molar-refractivity contribution in [2.75, 3.05) is 6.54 Å². The predicted molar refractivity (Wildman–Crippen MR) is 81.1 cm³/mol. The van der Waals surface area contributed by atoms with Crippen molar-refractivity contribution in [3.05, 3.63) is 35.4 Å². The van der Waals surface area contributed by atoms with E-state index in [1.807, 2.05) is 31.2 Å². The van der Waals surface area contributed by atoms with E-state index in [2.05, 4.69) is 33.0 Å². The standard InChI is InChI=1S/C17H27NO/c1-12(2)16(13(3)4)11-18-17(19)10-15-9-7-6-8-14(15)5/h6-9,12-13,16H,10-11H2,1-5H3,(H,18,19). The van der Waals surface area contributed by atoms with E-state index in [-0.39, 0.29) is 5.91 Å². The molecule has 0 aromatic heterocycles. The molecule has 0 saturated carbocycles. The topological polar surface area (TPSA) is 29.1 Å². The number of carbonyl (C=O) groups is 1. The highest BCUT2D eigenvalue weighted by molar-refractivity contribution is 5.78. The fourth-order valence-corrected chi connectivity index (χ4v) is 2.52. The van der Waals surface area contributed by atoms with E-state index in [0.717, 1.165) is 12.1 Å². The number of benzene rings is 1. The molecule has 0 unspecified atom stereocenters. The molecule has 0 spiro atoms. The molecule has 2 nitrogen and oxygen atoms in total. The van der Waals surface area contributed by atoms with Crippen LogP contribution in [0.2, 0.25) is 0 Å². The van der Waals surface area contributed by atoms with Gasteiger partial charge in [0.25, 0.3) is 0 Å². The average Bonchev–Trinajstić information content (AvgIpc) is 2.31. The minimum Gasteiger partial charge on any atom is -0.356 e. The predicted octanol–water partition coefficient (Wildman–Crippen LogP) is 3.58. The lowest BCUT2D eigenvalue weighted by Crippen LogP contribution is -2.34. The van der Waals surface area contributed by atoms with Gasteiger partial charge in [0.2, 0.25) is 5.91 Å². The molecule has 1 rings (SSSR count). The second-order valence-electron chi connectivity index (χ2n) is 6.06. The van der Waals surface area contributed by atoms with Crippen LogP contribution in [0, 0.1) is 24.7 Å². The van der Waals surface area contributed by atoms with Crippen molar-refractivity contribution in [2.45, 2.75) is 41.0 Å². The zero-order valence-corrected chi connectivity index (χ0v) is 12.9. The summed E-state index contributed by atoms with van der Waals surface area (Å²) in [7, 11) is 0. The Kier molecular flexibility index (Phi) is 6.07. The maximum absolute atomic E-state index is 12.0. The lowest BCUT2D eigenvalue weighted by Gasteiger charge is -2.25. The molecule has 1 N–H and O–H groups in total. The molecule has 0 aliphatic heterocycles. The minimum absolute atomic E-state index is 0.126. The lowest BCUT2D eigenvalue weighted by atomic mass is 9.85. The summed E-state index contributed by atoms with van der Waals surface area (Å²) >= 11 is 0. The quantitative estimate of drug-likeness (QED) is 0.833. The fourth-order valence-electron chi connectivity index (χ4n) is 2.52. The summed E-state index contributed by atoms with van der Waals surface area (Å²) in [5.74, 6) is 1.86. The number of nitrogens with one attached hydrogen (secondary N) is 1. The Morgan fingerprint density at radius 1 is 1.11 bits per heavy atom. The van der Waals surface area contributed by atoms with Crippen LogP contribution in [-0.2, 0) is 11.2 Å². The van der Waals surface area contributed by atoms with Gasteiger partial charge in [0.05, 0.1) is 6.42 Å². The number of hydrogen-bond acceptors (Lipinski definition) is 1. The minimum atomic E-state index is 0.126. The third kappa shape index (κ3) is 5.06. The van der Waals surface area contributed by atoms with Crippen molar-refractivity contribution in [3.8, 4) is 0 Å². The maximum atomic E-state index is 12.0. The maximum Gasteiger partial charge on any atom is 0.224 e. The third-order valence-electron chi connectivity index (χ3n) is 3.86. The van der Waals surface area contributed by atoms with Crippen molar-refractivity contribution in [2.24, 2.45) is 17.8 Å². The first-order chi connectivity index (χ1) is 8.91. The Bertz CT molecular complexity index is 401. The van der Waals surface area contributed by atoms with Gasteiger partial charge >= 0.3 is 0 Å². The normalized spacial score (nSPS) is 11.4. The van der Waals surface area contributed by atoms with E-state index >= 15 is 0 Å². The second kappa shape index (κ2) is 7.32. The van der Waals surface area contributed by atoms with Crippen molar-refractivity contribution in [3.63, 3.8) is 0 Å². The Labute approximate surface area is 117 Å². The summed E-state index contributed by atoms with van der Waals surface area (Å²) < 4.78 is 0. The fraction of sp³-hybridized carbons (Fsp3) is 0.588. The monoisotopic (exact) mass is 261 g/mol. The number of carbonyl (C=O) groups excluding carboxylic acids is 1. The van der Waals surface area contributed by atoms with E-state index in [4.69, 9.17) is 0 Å². The molecule has 0 radical (unpaired) electrons. The van der Waals surface area contributed by atoms with E-state index < -0.39 is 0 Å². The summed E-state index contributed by atoms with van der Waals surface area (Å²) in [4.78, 5) is 12.0. The first-order valence-corrected chi connectivity index (χ1v) is 7.23. The van der Waals surface area contributed by atoms with Crippen LogP contribution in [0.3, 0.4) is 0 Å². The van der Waals surface area contributed by atoms with E-state index in [0.29, 0.717) is 24.2 Å². The third-order valence-corrected chi connectivity index (χ3v) is 3.86. The van der Waals surface area contributed by atoms with Gasteiger partial charge in [-0.2, -0.15) is 0 Å². The molecule has 0 saturated heterocycles. The van der Waals surface area contributed by atoms with Crippen molar-refractivity contribution >= 4 is 5.91 Å². The van der Waals surface area contributed by atoms with Crippen LogP contribution in [0.15, 0.2) is 24.3 Å². The highest BCUT2D eigenvalue weighted by atomic mass is 16.1. The molecule has 0 atom stereocenters. The molecule has 0 bridgehead atoms. The molecule has 106 valence electrons. The van der Waals surface area contributed by atoms with Crippen molar-refractivity contribution in [1.29, 1.82) is 0 Å². The van der Waals surface area contributed by atoms with Gasteiger partial charge in [0.1, 0.15) is 0 Å². The lowest BCUT2D eigenvalue weighted by molar-refractivity contribution is -0.120. The molecule has 0 aliphatic carbocycles. The first kappa shape index (κ1) is 15.7. The van der Waals surface area contributed by atoms with Gasteiger partial charge < -0.3 is 5.32 Å². The Hall–Kier alpha value is -1.31. The average molecular weight is 261 g/mol. The van der Waals surface area contributed by atoms with Gasteiger partial charge in [-0.3, -0.25) is 4.79 Å². The van der Waals surface area contributed by atoms with Crippen LogP contribution in [0.25, 0.3) is 0 Å². The molecule has 0 fully saturated rings. The smallest absolute Gasteiger partial charge is 0.224 e. The van der Waals surface area contributed by atoms with Gasteiger partial charge in [0.15, 0.2) is 0 Å². The zero-order chi connectivity index (χ0) is 14.4. The van der Waals surface area contributed by atoms with Gasteiger partial charge in [-0.1, -0.05) is 52.0 Å². The SMILES string of the molecule is Cc1ccccc1CC(=O)NCC(C(C)C)C(C)C. The molecular weight excluding hydrogens is 234 g/mol. The van der Waals surface area contributed by atoms with Gasteiger partial charge in [0, 0.05) is 6.54 Å². The van der Waals surface area contributed by atoms with E-state index in [1.165, 1.54) is 5.56 Å². The van der Waals surface area contributed by atoms with Crippen LogP contribution >= 0.6 is 0 Å². The summed E-state index contributed by atoms with van der Waals surface area (Å²) in [6, 6.07) is 8.07. The first-order valence-electron chi connectivity index (χ1n) is 7.23. The molecule has 19 heavy (non-hydrogen) atoms. The molecule has 0 heterocycles. The van der Waals surface area contributed by atoms with Crippen LogP contribution < -0.4 is 5.32 Å². The van der Waals surface area contributed by atoms with Crippen LogP contribution in [0.4, 0.5) is 0 Å². The molecule has 1 aromatic rings. The van der Waals surface area contributed by atoms with Gasteiger partial charge in [-0.25, -0.2) is 0 Å². The Morgan fingerprint density at radius 3 is 2.21 bits per heavy atom. The molecule has 2 heteroatoms. The largest absolute Gasteiger partial charge is 0.356 e. The summed E-state index contributed by atoms with van der Waals surface area (Å²) in [5.41, 5.74) is 2.30. The van der Waals surface area contributed by atoms with Crippen LogP contribution in [0.5, 0.6) is 0 Å². The summed E-state index contributed by atoms with van der Waals surface area (Å²) in [6.45, 7) is 11.7. The number of aryl methyl sites for hydroxylation is 1. The zero-order valence-electron chi connectivity index (χ0n) is 12.9. The molecule has 1 amide bonds. The summed E-state index contributed by atoms with van der Waals surface area (Å²) in [5, 5.41) is 3.08. The Balaban J connectivity index is 2.50. The molecule has 0 aliphatic rings. The van der Waals surface area contributed by atoms with Crippen molar-refractivity contribution < 1.29 is 4.79 Å².